The van der Waals surface area contributed by atoms with Crippen molar-refractivity contribution in [3.63, 3.8) is 0 Å². The van der Waals surface area contributed by atoms with E-state index in [0.29, 0.717) is 22.5 Å². The molecule has 2 atom stereocenters. The van der Waals surface area contributed by atoms with Crippen LogP contribution in [0, 0.1) is 21.0 Å². The highest BCUT2D eigenvalue weighted by Gasteiger charge is 2.37. The van der Waals surface area contributed by atoms with E-state index >= 15 is 0 Å². The van der Waals surface area contributed by atoms with Crippen LogP contribution in [0.3, 0.4) is 0 Å². The van der Waals surface area contributed by atoms with Gasteiger partial charge in [0.15, 0.2) is 11.6 Å². The molecule has 0 heterocycles. The molecule has 1 fully saturated rings. The predicted octanol–water partition coefficient (Wildman–Crippen LogP) is 2.94. The lowest BCUT2D eigenvalue weighted by Crippen LogP contribution is -2.37. The molecule has 0 bridgehead atoms. The Morgan fingerprint density at radius 2 is 1.87 bits per heavy atom. The zero-order valence-electron chi connectivity index (χ0n) is 16.2. The van der Waals surface area contributed by atoms with E-state index in [4.69, 9.17) is 4.74 Å². The van der Waals surface area contributed by atoms with Crippen LogP contribution in [-0.4, -0.2) is 43.6 Å². The Morgan fingerprint density at radius 3 is 2.45 bits per heavy atom. The Kier molecular flexibility index (Phi) is 7.35. The summed E-state index contributed by atoms with van der Waals surface area (Å²) in [6.07, 6.45) is -2.61. The monoisotopic (exact) mass is 572 g/mol. The number of anilines is 2. The van der Waals surface area contributed by atoms with Crippen molar-refractivity contribution >= 4 is 44.0 Å². The van der Waals surface area contributed by atoms with Crippen LogP contribution in [0.5, 0.6) is 5.75 Å². The Hall–Kier alpha value is -1.61. The maximum absolute atomic E-state index is 14.7. The number of methoxy groups -OCH3 is 1. The summed E-state index contributed by atoms with van der Waals surface area (Å²) in [6.45, 7) is -0.570. The summed E-state index contributed by atoms with van der Waals surface area (Å²) in [5.74, 6) is -3.83. The molecule has 0 spiro atoms. The molecule has 0 saturated heterocycles. The molecule has 1 unspecified atom stereocenters. The van der Waals surface area contributed by atoms with E-state index in [2.05, 4.69) is 10.0 Å². The molecule has 0 amide bonds. The average molecular weight is 572 g/mol. The highest BCUT2D eigenvalue weighted by molar-refractivity contribution is 14.1. The van der Waals surface area contributed by atoms with Crippen molar-refractivity contribution in [1.29, 1.82) is 0 Å². The van der Waals surface area contributed by atoms with Crippen LogP contribution in [0.2, 0.25) is 0 Å². The summed E-state index contributed by atoms with van der Waals surface area (Å²) in [5, 5.41) is 22.9. The second kappa shape index (κ2) is 9.48. The zero-order chi connectivity index (χ0) is 22.9. The molecule has 0 radical (unpaired) electrons. The molecule has 4 N–H and O–H groups in total. The van der Waals surface area contributed by atoms with Crippen LogP contribution in [0.25, 0.3) is 0 Å². The number of halogens is 4. The Balaban J connectivity index is 1.96. The van der Waals surface area contributed by atoms with Crippen LogP contribution < -0.4 is 14.8 Å². The van der Waals surface area contributed by atoms with Gasteiger partial charge in [-0.15, -0.1) is 0 Å². The second-order valence-electron chi connectivity index (χ2n) is 7.02. The zero-order valence-corrected chi connectivity index (χ0v) is 19.2. The number of sulfonamides is 1. The van der Waals surface area contributed by atoms with Crippen molar-refractivity contribution in [2.45, 2.75) is 30.3 Å². The molecule has 1 aliphatic rings. The van der Waals surface area contributed by atoms with Crippen molar-refractivity contribution < 1.29 is 36.5 Å². The van der Waals surface area contributed by atoms with Gasteiger partial charge in [0.2, 0.25) is 10.0 Å². The molecule has 7 nitrogen and oxygen atoms in total. The van der Waals surface area contributed by atoms with Gasteiger partial charge in [-0.2, -0.15) is 0 Å². The average Bonchev–Trinajstić information content (AvgIpc) is 3.56. The number of aliphatic hydroxyl groups is 2. The predicted molar refractivity (Wildman–Crippen MR) is 116 cm³/mol. The first-order chi connectivity index (χ1) is 14.5. The fourth-order valence-electron chi connectivity index (χ4n) is 2.93. The van der Waals surface area contributed by atoms with Gasteiger partial charge in [-0.3, -0.25) is 0 Å². The van der Waals surface area contributed by atoms with Crippen molar-refractivity contribution in [3.8, 4) is 5.75 Å². The van der Waals surface area contributed by atoms with Crippen molar-refractivity contribution in [2.75, 3.05) is 19.0 Å². The Bertz CT molecular complexity index is 1080. The SMILES string of the molecule is COc1cc(F)c(F)c(Nc2ccc(I)cc2F)c1C(O)[C@H](O)CNS(=O)(=O)C1CC1. The van der Waals surface area contributed by atoms with Gasteiger partial charge in [-0.05, 0) is 53.6 Å². The maximum Gasteiger partial charge on any atom is 0.214 e. The van der Waals surface area contributed by atoms with Gasteiger partial charge < -0.3 is 20.3 Å². The number of rotatable bonds is 9. The molecule has 31 heavy (non-hydrogen) atoms. The molecule has 0 aromatic heterocycles. The largest absolute Gasteiger partial charge is 0.496 e. The minimum absolute atomic E-state index is 0.204. The summed E-state index contributed by atoms with van der Waals surface area (Å²) in [5.41, 5.74) is -1.24. The first-order valence-corrected chi connectivity index (χ1v) is 11.8. The number of hydrogen-bond donors (Lipinski definition) is 4. The molecule has 1 aliphatic carbocycles. The standard InChI is InChI=1S/C19H20F3IN2O5S/c1-30-15-7-12(21)17(22)18(25-13-5-2-9(23)6-11(13)20)16(15)19(27)14(26)8-24-31(28,29)10-3-4-10/h2,5-7,10,14,19,24-27H,3-4,8H2,1H3/t14-,19?/m1/s1. The maximum atomic E-state index is 14.7. The number of aliphatic hydroxyl groups excluding tert-OH is 2. The van der Waals surface area contributed by atoms with Gasteiger partial charge in [-0.25, -0.2) is 26.3 Å². The van der Waals surface area contributed by atoms with Gasteiger partial charge in [0.1, 0.15) is 17.7 Å². The smallest absolute Gasteiger partial charge is 0.214 e. The van der Waals surface area contributed by atoms with E-state index in [9.17, 15) is 31.8 Å². The van der Waals surface area contributed by atoms with Gasteiger partial charge in [0, 0.05) is 16.2 Å². The van der Waals surface area contributed by atoms with Gasteiger partial charge in [0.25, 0.3) is 0 Å². The molecule has 2 aromatic rings. The summed E-state index contributed by atoms with van der Waals surface area (Å²) in [7, 11) is -2.51. The molecule has 12 heteroatoms. The first-order valence-electron chi connectivity index (χ1n) is 9.17. The van der Waals surface area contributed by atoms with Crippen LogP contribution in [0.4, 0.5) is 24.5 Å². The third-order valence-electron chi connectivity index (χ3n) is 4.75. The van der Waals surface area contributed by atoms with Crippen molar-refractivity contribution in [3.05, 3.63) is 50.9 Å². The fraction of sp³-hybridized carbons (Fsp3) is 0.368. The normalized spacial score (nSPS) is 16.1. The second-order valence-corrected chi connectivity index (χ2v) is 10.3. The van der Waals surface area contributed by atoms with E-state index in [1.165, 1.54) is 12.1 Å². The molecule has 1 saturated carbocycles. The molecule has 0 aliphatic heterocycles. The summed E-state index contributed by atoms with van der Waals surface area (Å²) in [6, 6.07) is 4.65. The summed E-state index contributed by atoms with van der Waals surface area (Å²) < 4.78 is 74.7. The fourth-order valence-corrected chi connectivity index (χ4v) is 4.78. The lowest BCUT2D eigenvalue weighted by Gasteiger charge is -2.24. The van der Waals surface area contributed by atoms with Crippen LogP contribution in [-0.2, 0) is 10.0 Å². The van der Waals surface area contributed by atoms with E-state index < -0.39 is 62.7 Å². The van der Waals surface area contributed by atoms with Crippen LogP contribution in [0.1, 0.15) is 24.5 Å². The van der Waals surface area contributed by atoms with Gasteiger partial charge in [0.05, 0.1) is 35.4 Å². The van der Waals surface area contributed by atoms with Crippen molar-refractivity contribution in [2.24, 2.45) is 0 Å². The Labute approximate surface area is 190 Å². The Morgan fingerprint density at radius 1 is 1.19 bits per heavy atom. The highest BCUT2D eigenvalue weighted by Crippen LogP contribution is 2.39. The summed E-state index contributed by atoms with van der Waals surface area (Å²) >= 11 is 1.88. The third-order valence-corrected chi connectivity index (χ3v) is 7.34. The topological polar surface area (TPSA) is 108 Å². The van der Waals surface area contributed by atoms with Crippen LogP contribution in [0.15, 0.2) is 24.3 Å². The van der Waals surface area contributed by atoms with E-state index in [0.717, 1.165) is 13.2 Å². The van der Waals surface area contributed by atoms with Crippen molar-refractivity contribution in [1.82, 2.24) is 4.72 Å². The van der Waals surface area contributed by atoms with Gasteiger partial charge in [-0.1, -0.05) is 0 Å². The number of benzene rings is 2. The highest BCUT2D eigenvalue weighted by atomic mass is 127. The van der Waals surface area contributed by atoms with Gasteiger partial charge >= 0.3 is 0 Å². The quantitative estimate of drug-likeness (QED) is 0.345. The van der Waals surface area contributed by atoms with Crippen LogP contribution >= 0.6 is 22.6 Å². The summed E-state index contributed by atoms with van der Waals surface area (Å²) in [4.78, 5) is 0. The van der Waals surface area contributed by atoms with E-state index in [-0.39, 0.29) is 11.4 Å². The third kappa shape index (κ3) is 5.42. The molecular weight excluding hydrogens is 552 g/mol. The number of hydrogen-bond acceptors (Lipinski definition) is 6. The van der Waals surface area contributed by atoms with E-state index in [1.54, 1.807) is 0 Å². The molecule has 3 rings (SSSR count). The molecular formula is C19H20F3IN2O5S. The molecule has 2 aromatic carbocycles. The lowest BCUT2D eigenvalue weighted by atomic mass is 10.00. The lowest BCUT2D eigenvalue weighted by molar-refractivity contribution is 0.0210. The molecule has 170 valence electrons. The minimum atomic E-state index is -3.65. The number of nitrogens with one attached hydrogen (secondary N) is 2. The minimum Gasteiger partial charge on any atom is -0.496 e. The van der Waals surface area contributed by atoms with E-state index in [1.807, 2.05) is 22.6 Å². The first kappa shape index (κ1) is 24.0. The number of ether oxygens (including phenoxy) is 1.